The molecule has 7 heteroatoms. The van der Waals surface area contributed by atoms with Gasteiger partial charge in [0.25, 0.3) is 5.91 Å². The number of furan rings is 1. The molecule has 0 saturated heterocycles. The Morgan fingerprint density at radius 3 is 2.59 bits per heavy atom. The average Bonchev–Trinajstić information content (AvgIpc) is 3.12. The number of nitrogens with zero attached hydrogens (tertiary/aromatic N) is 1. The summed E-state index contributed by atoms with van der Waals surface area (Å²) >= 11 is 11.9. The highest BCUT2D eigenvalue weighted by molar-refractivity contribution is 6.42. The Morgan fingerprint density at radius 1 is 1.11 bits per heavy atom. The van der Waals surface area contributed by atoms with E-state index in [9.17, 15) is 14.4 Å². The van der Waals surface area contributed by atoms with Crippen LogP contribution in [0.4, 0.5) is 10.1 Å². The second-order valence-electron chi connectivity index (χ2n) is 5.43. The van der Waals surface area contributed by atoms with Crippen LogP contribution < -0.4 is 5.32 Å². The van der Waals surface area contributed by atoms with Gasteiger partial charge in [-0.2, -0.15) is 5.26 Å². The van der Waals surface area contributed by atoms with Crippen molar-refractivity contribution in [3.8, 4) is 17.4 Å². The number of carbonyl (C=O) groups is 1. The fourth-order valence-corrected chi connectivity index (χ4v) is 2.58. The number of benzene rings is 2. The number of halogens is 3. The molecule has 1 amide bonds. The van der Waals surface area contributed by atoms with Crippen molar-refractivity contribution >= 4 is 40.9 Å². The van der Waals surface area contributed by atoms with Gasteiger partial charge in [0, 0.05) is 11.6 Å². The van der Waals surface area contributed by atoms with Crippen molar-refractivity contribution in [3.63, 3.8) is 0 Å². The molecule has 0 bridgehead atoms. The Morgan fingerprint density at radius 2 is 1.89 bits per heavy atom. The highest BCUT2D eigenvalue weighted by Gasteiger charge is 2.13. The Kier molecular flexibility index (Phi) is 5.60. The van der Waals surface area contributed by atoms with Gasteiger partial charge >= 0.3 is 0 Å². The number of rotatable bonds is 4. The van der Waals surface area contributed by atoms with Crippen LogP contribution in [0.25, 0.3) is 17.4 Å². The van der Waals surface area contributed by atoms with E-state index in [0.717, 1.165) is 0 Å². The van der Waals surface area contributed by atoms with Crippen LogP contribution in [0.15, 0.2) is 64.6 Å². The Bertz CT molecular complexity index is 1080. The number of amides is 1. The number of hydrogen-bond donors (Lipinski definition) is 1. The van der Waals surface area contributed by atoms with Gasteiger partial charge in [-0.3, -0.25) is 4.79 Å². The number of anilines is 1. The molecule has 1 N–H and O–H groups in total. The maximum Gasteiger partial charge on any atom is 0.266 e. The van der Waals surface area contributed by atoms with Crippen molar-refractivity contribution in [2.75, 3.05) is 5.32 Å². The molecule has 0 unspecified atom stereocenters. The van der Waals surface area contributed by atoms with Gasteiger partial charge in [0.05, 0.1) is 15.7 Å². The summed E-state index contributed by atoms with van der Waals surface area (Å²) in [5.74, 6) is -0.555. The molecular formula is C20H11Cl2FN2O2. The Balaban J connectivity index is 1.83. The third-order valence-corrected chi connectivity index (χ3v) is 4.34. The van der Waals surface area contributed by atoms with Crippen molar-refractivity contribution in [2.24, 2.45) is 0 Å². The van der Waals surface area contributed by atoms with Crippen LogP contribution in [-0.2, 0) is 4.79 Å². The van der Waals surface area contributed by atoms with Crippen LogP contribution in [0, 0.1) is 17.1 Å². The van der Waals surface area contributed by atoms with Crippen molar-refractivity contribution in [3.05, 3.63) is 81.8 Å². The molecular weight excluding hydrogens is 390 g/mol. The van der Waals surface area contributed by atoms with Crippen molar-refractivity contribution in [2.45, 2.75) is 0 Å². The number of hydrogen-bond acceptors (Lipinski definition) is 3. The summed E-state index contributed by atoms with van der Waals surface area (Å²) in [5, 5.41) is 12.4. The fourth-order valence-electron chi connectivity index (χ4n) is 2.28. The van der Waals surface area contributed by atoms with E-state index in [1.54, 1.807) is 42.5 Å². The van der Waals surface area contributed by atoms with E-state index in [1.807, 2.05) is 0 Å². The quantitative estimate of drug-likeness (QED) is 0.435. The maximum absolute atomic E-state index is 13.6. The molecule has 2 aromatic carbocycles. The highest BCUT2D eigenvalue weighted by atomic mass is 35.5. The third kappa shape index (κ3) is 4.37. The van der Waals surface area contributed by atoms with Crippen LogP contribution in [0.3, 0.4) is 0 Å². The molecule has 0 radical (unpaired) electrons. The minimum atomic E-state index is -0.741. The lowest BCUT2D eigenvalue weighted by Gasteiger charge is -2.04. The van der Waals surface area contributed by atoms with Crippen LogP contribution >= 0.6 is 23.2 Å². The smallest absolute Gasteiger partial charge is 0.266 e. The lowest BCUT2D eigenvalue weighted by molar-refractivity contribution is -0.112. The Hall–Kier alpha value is -3.07. The molecule has 3 rings (SSSR count). The second kappa shape index (κ2) is 8.09. The molecule has 134 valence electrons. The van der Waals surface area contributed by atoms with E-state index in [1.165, 1.54) is 24.3 Å². The first-order valence-electron chi connectivity index (χ1n) is 7.71. The second-order valence-corrected chi connectivity index (χ2v) is 6.25. The Labute approximate surface area is 164 Å². The van der Waals surface area contributed by atoms with Crippen LogP contribution in [0.1, 0.15) is 5.76 Å². The van der Waals surface area contributed by atoms with E-state index in [4.69, 9.17) is 27.6 Å². The van der Waals surface area contributed by atoms with Crippen molar-refractivity contribution in [1.29, 1.82) is 5.26 Å². The lowest BCUT2D eigenvalue weighted by atomic mass is 10.2. The summed E-state index contributed by atoms with van der Waals surface area (Å²) in [7, 11) is 0. The van der Waals surface area contributed by atoms with E-state index in [-0.39, 0.29) is 17.0 Å². The molecule has 1 aromatic heterocycles. The van der Waals surface area contributed by atoms with Gasteiger partial charge in [0.2, 0.25) is 0 Å². The first kappa shape index (κ1) is 18.7. The molecule has 0 aliphatic heterocycles. The summed E-state index contributed by atoms with van der Waals surface area (Å²) in [6.45, 7) is 0. The van der Waals surface area contributed by atoms with Gasteiger partial charge in [-0.05, 0) is 42.5 Å². The molecule has 4 nitrogen and oxygen atoms in total. The largest absolute Gasteiger partial charge is 0.457 e. The van der Waals surface area contributed by atoms with Gasteiger partial charge in [0.1, 0.15) is 29.0 Å². The predicted octanol–water partition coefficient (Wildman–Crippen LogP) is 5.94. The van der Waals surface area contributed by atoms with Gasteiger partial charge in [-0.1, -0.05) is 35.3 Å². The normalized spacial score (nSPS) is 11.1. The number of nitrogens with one attached hydrogen (secondary N) is 1. The van der Waals surface area contributed by atoms with E-state index in [0.29, 0.717) is 21.4 Å². The first-order valence-corrected chi connectivity index (χ1v) is 8.46. The van der Waals surface area contributed by atoms with E-state index < -0.39 is 11.7 Å². The van der Waals surface area contributed by atoms with Gasteiger partial charge in [-0.25, -0.2) is 4.39 Å². The molecule has 3 aromatic rings. The van der Waals surface area contributed by atoms with E-state index in [2.05, 4.69) is 5.32 Å². The molecule has 0 atom stereocenters. The predicted molar refractivity (Wildman–Crippen MR) is 103 cm³/mol. The van der Waals surface area contributed by atoms with Gasteiger partial charge < -0.3 is 9.73 Å². The van der Waals surface area contributed by atoms with Crippen LogP contribution in [-0.4, -0.2) is 5.91 Å². The van der Waals surface area contributed by atoms with Gasteiger partial charge in [0.15, 0.2) is 0 Å². The summed E-state index contributed by atoms with van der Waals surface area (Å²) < 4.78 is 19.3. The molecule has 0 aliphatic carbocycles. The van der Waals surface area contributed by atoms with Crippen LogP contribution in [0.5, 0.6) is 0 Å². The minimum absolute atomic E-state index is 0.0143. The molecule has 0 fully saturated rings. The zero-order chi connectivity index (χ0) is 19.4. The van der Waals surface area contributed by atoms with Crippen molar-refractivity contribution < 1.29 is 13.6 Å². The maximum atomic E-state index is 13.6. The lowest BCUT2D eigenvalue weighted by Crippen LogP contribution is -2.14. The van der Waals surface area contributed by atoms with Crippen LogP contribution in [0.2, 0.25) is 10.0 Å². The summed E-state index contributed by atoms with van der Waals surface area (Å²) in [4.78, 5) is 12.2. The molecule has 0 aliphatic rings. The fraction of sp³-hybridized carbons (Fsp3) is 0. The average molecular weight is 401 g/mol. The monoisotopic (exact) mass is 400 g/mol. The standard InChI is InChI=1S/C20H11Cl2FN2O2/c21-15-7-5-12(10-16(15)22)19-8-6-14(27-19)9-13(11-24)20(26)25-18-4-2-1-3-17(18)23/h1-10H,(H,25,26). The molecule has 0 spiro atoms. The number of nitriles is 1. The topological polar surface area (TPSA) is 66.0 Å². The zero-order valence-corrected chi connectivity index (χ0v) is 15.2. The number of para-hydroxylation sites is 1. The highest BCUT2D eigenvalue weighted by Crippen LogP contribution is 2.30. The van der Waals surface area contributed by atoms with Crippen molar-refractivity contribution in [1.82, 2.24) is 0 Å². The molecule has 1 heterocycles. The van der Waals surface area contributed by atoms with Gasteiger partial charge in [-0.15, -0.1) is 0 Å². The van der Waals surface area contributed by atoms with E-state index >= 15 is 0 Å². The summed E-state index contributed by atoms with van der Waals surface area (Å²) in [6.07, 6.45) is 1.28. The zero-order valence-electron chi connectivity index (χ0n) is 13.7. The molecule has 27 heavy (non-hydrogen) atoms. The number of carbonyl (C=O) groups excluding carboxylic acids is 1. The summed E-state index contributed by atoms with van der Waals surface area (Å²) in [6, 6.07) is 15.8. The summed E-state index contributed by atoms with van der Waals surface area (Å²) in [5.41, 5.74) is 0.450. The SMILES string of the molecule is N#CC(=Cc1ccc(-c2ccc(Cl)c(Cl)c2)o1)C(=O)Nc1ccccc1F. The first-order chi connectivity index (χ1) is 13.0. The third-order valence-electron chi connectivity index (χ3n) is 3.60. The molecule has 0 saturated carbocycles. The minimum Gasteiger partial charge on any atom is -0.457 e.